The van der Waals surface area contributed by atoms with Gasteiger partial charge < -0.3 is 10.6 Å². The fraction of sp³-hybridized carbons (Fsp3) is 0.667. The van der Waals surface area contributed by atoms with Gasteiger partial charge in [-0.05, 0) is 105 Å². The molecule has 0 aliphatic heterocycles. The minimum Gasteiger partial charge on any atom is -0.356 e. The average molecular weight is 1010 g/mol. The second-order valence-corrected chi connectivity index (χ2v) is 24.6. The van der Waals surface area contributed by atoms with Gasteiger partial charge in [-0.3, -0.25) is 47.9 Å². The molecule has 0 aliphatic carbocycles. The highest BCUT2D eigenvalue weighted by Gasteiger charge is 2.21. The molecule has 0 unspecified atom stereocenters. The average Bonchev–Trinajstić information content (AvgIpc) is 3.18. The van der Waals surface area contributed by atoms with Crippen molar-refractivity contribution in [3.63, 3.8) is 0 Å². The minimum atomic E-state index is -0.380. The van der Waals surface area contributed by atoms with Gasteiger partial charge in [0.05, 0.1) is 0 Å². The number of hydrogen-bond acceptors (Lipinski definition) is 10. The molecule has 12 heteroatoms. The van der Waals surface area contributed by atoms with Crippen LogP contribution in [0.5, 0.6) is 0 Å². The Morgan fingerprint density at radius 2 is 0.750 bits per heavy atom. The molecule has 0 atom stereocenters. The molecule has 0 aromatic heterocycles. The van der Waals surface area contributed by atoms with Crippen molar-refractivity contribution < 1.29 is 47.9 Å². The van der Waals surface area contributed by atoms with Crippen LogP contribution in [0.2, 0.25) is 0 Å². The Morgan fingerprint density at radius 1 is 0.403 bits per heavy atom. The second-order valence-electron chi connectivity index (χ2n) is 24.6. The third-order valence-electron chi connectivity index (χ3n) is 8.58. The summed E-state index contributed by atoms with van der Waals surface area (Å²) in [4.78, 5) is 112. The van der Waals surface area contributed by atoms with E-state index in [0.717, 1.165) is 11.1 Å². The molecule has 0 saturated heterocycles. The number of carbonyl (C=O) groups is 10. The largest absolute Gasteiger partial charge is 0.356 e. The summed E-state index contributed by atoms with van der Waals surface area (Å²) in [6.45, 7) is 46.0. The van der Waals surface area contributed by atoms with Crippen molar-refractivity contribution in [1.82, 2.24) is 10.6 Å². The number of allylic oxidation sites excluding steroid dienone is 9. The molecule has 0 aromatic rings. The van der Waals surface area contributed by atoms with Crippen molar-refractivity contribution in [3.8, 4) is 0 Å². The molecule has 0 aliphatic rings. The van der Waals surface area contributed by atoms with Crippen molar-refractivity contribution in [3.05, 3.63) is 60.3 Å². The number of Topliss-reactive ketones (excluding diaryl/α,β-unsaturated/α-hetero) is 3. The van der Waals surface area contributed by atoms with Gasteiger partial charge in [0.1, 0.15) is 11.6 Å². The van der Waals surface area contributed by atoms with Crippen LogP contribution in [0, 0.1) is 27.1 Å². The first kappa shape index (κ1) is 75.9. The Labute approximate surface area is 438 Å². The van der Waals surface area contributed by atoms with E-state index in [0.29, 0.717) is 70.9 Å². The number of nitrogens with one attached hydrogen (secondary N) is 2. The summed E-state index contributed by atoms with van der Waals surface area (Å²) in [6, 6.07) is 0. The van der Waals surface area contributed by atoms with E-state index < -0.39 is 0 Å². The highest BCUT2D eigenvalue weighted by molar-refractivity contribution is 6.41. The topological polar surface area (TPSA) is 195 Å². The Bertz CT molecular complexity index is 1850. The van der Waals surface area contributed by atoms with Crippen LogP contribution < -0.4 is 10.6 Å². The smallest absolute Gasteiger partial charge is 0.221 e. The van der Waals surface area contributed by atoms with Crippen molar-refractivity contribution in [1.29, 1.82) is 0 Å². The van der Waals surface area contributed by atoms with Crippen LogP contribution in [0.1, 0.15) is 222 Å². The minimum absolute atomic E-state index is 0.0194. The first-order chi connectivity index (χ1) is 32.5. The van der Waals surface area contributed by atoms with Crippen LogP contribution in [-0.4, -0.2) is 71.2 Å². The van der Waals surface area contributed by atoms with Crippen molar-refractivity contribution >= 4 is 58.1 Å². The first-order valence-electron chi connectivity index (χ1n) is 25.4. The normalized spacial score (nSPS) is 11.3. The fourth-order valence-electron chi connectivity index (χ4n) is 5.41. The Balaban J connectivity index is -0.000000260. The molecule has 0 rings (SSSR count). The summed E-state index contributed by atoms with van der Waals surface area (Å²) in [5.74, 6) is -0.284. The second kappa shape index (κ2) is 39.5. The van der Waals surface area contributed by atoms with E-state index in [2.05, 4.69) is 58.8 Å². The maximum atomic E-state index is 11.5. The Kier molecular flexibility index (Phi) is 41.7. The van der Waals surface area contributed by atoms with E-state index in [1.165, 1.54) is 18.2 Å². The van der Waals surface area contributed by atoms with E-state index in [4.69, 9.17) is 0 Å². The van der Waals surface area contributed by atoms with Crippen LogP contribution in [0.15, 0.2) is 60.3 Å². The van der Waals surface area contributed by atoms with Crippen LogP contribution >= 0.6 is 0 Å². The van der Waals surface area contributed by atoms with Crippen LogP contribution in [0.25, 0.3) is 0 Å². The lowest BCUT2D eigenvalue weighted by Crippen LogP contribution is -2.32. The molecule has 0 spiro atoms. The van der Waals surface area contributed by atoms with Gasteiger partial charge in [0.15, 0.2) is 23.1 Å². The molecule has 0 heterocycles. The fourth-order valence-corrected chi connectivity index (χ4v) is 5.41. The zero-order valence-electron chi connectivity index (χ0n) is 49.2. The van der Waals surface area contributed by atoms with E-state index in [1.54, 1.807) is 31.2 Å². The highest BCUT2D eigenvalue weighted by atomic mass is 16.2. The summed E-state index contributed by atoms with van der Waals surface area (Å²) < 4.78 is 0. The van der Waals surface area contributed by atoms with E-state index >= 15 is 0 Å². The van der Waals surface area contributed by atoms with E-state index in [-0.39, 0.29) is 104 Å². The SMILES string of the molecule is C/C=C/C(=O)CCC(=O)CC(C)(C)C.C/C=C/C(=O)CCCC(=O)CC(C)(C)C.C=CC(=O)CCC(=O)NCC(C)(C)C.CC(C)=CC(=O)C(=O)CC(C)(C)C.CC(C)=CC(=O)CCC(=O)NCC(C)(C)C. The molecule has 0 radical (unpaired) electrons. The van der Waals surface area contributed by atoms with Gasteiger partial charge in [-0.2, -0.15) is 0 Å². The van der Waals surface area contributed by atoms with Crippen LogP contribution in [0.4, 0.5) is 0 Å². The monoisotopic (exact) mass is 1010 g/mol. The quantitative estimate of drug-likeness (QED) is 0.0694. The van der Waals surface area contributed by atoms with Gasteiger partial charge in [0, 0.05) is 83.7 Å². The number of hydrogen-bond donors (Lipinski definition) is 2. The molecule has 0 saturated carbocycles. The van der Waals surface area contributed by atoms with Gasteiger partial charge in [0.2, 0.25) is 23.4 Å². The lowest BCUT2D eigenvalue weighted by molar-refractivity contribution is -0.135. The zero-order valence-corrected chi connectivity index (χ0v) is 49.2. The number of rotatable bonds is 24. The molecule has 2 N–H and O–H groups in total. The van der Waals surface area contributed by atoms with Gasteiger partial charge in [0.25, 0.3) is 0 Å². The van der Waals surface area contributed by atoms with Gasteiger partial charge in [-0.1, -0.05) is 134 Å². The summed E-state index contributed by atoms with van der Waals surface area (Å²) in [6.07, 6.45) is 15.7. The van der Waals surface area contributed by atoms with E-state index in [1.807, 2.05) is 96.9 Å². The van der Waals surface area contributed by atoms with Crippen LogP contribution in [0.3, 0.4) is 0 Å². The molecule has 0 bridgehead atoms. The van der Waals surface area contributed by atoms with Crippen molar-refractivity contribution in [2.24, 2.45) is 27.1 Å². The van der Waals surface area contributed by atoms with Crippen molar-refractivity contribution in [2.45, 2.75) is 222 Å². The molecule has 2 amide bonds. The third-order valence-corrected chi connectivity index (χ3v) is 8.58. The summed E-state index contributed by atoms with van der Waals surface area (Å²) in [7, 11) is 0. The summed E-state index contributed by atoms with van der Waals surface area (Å²) in [5.41, 5.74) is 1.98. The molecular formula is C60H102N2O10. The summed E-state index contributed by atoms with van der Waals surface area (Å²) in [5, 5.41) is 5.60. The maximum absolute atomic E-state index is 11.5. The predicted molar refractivity (Wildman–Crippen MR) is 297 cm³/mol. The molecule has 0 aromatic carbocycles. The third kappa shape index (κ3) is 67.1. The van der Waals surface area contributed by atoms with Crippen LogP contribution in [-0.2, 0) is 47.9 Å². The molecule has 12 nitrogen and oxygen atoms in total. The summed E-state index contributed by atoms with van der Waals surface area (Å²) >= 11 is 0. The number of carbonyl (C=O) groups excluding carboxylic acids is 10. The van der Waals surface area contributed by atoms with Crippen molar-refractivity contribution in [2.75, 3.05) is 13.1 Å². The van der Waals surface area contributed by atoms with Gasteiger partial charge >= 0.3 is 0 Å². The molecule has 0 fully saturated rings. The highest BCUT2D eigenvalue weighted by Crippen LogP contribution is 2.22. The van der Waals surface area contributed by atoms with Gasteiger partial charge in [-0.15, -0.1) is 0 Å². The lowest BCUT2D eigenvalue weighted by Gasteiger charge is -2.18. The number of ketones is 8. The molecule has 412 valence electrons. The Hall–Kier alpha value is -5.00. The Morgan fingerprint density at radius 3 is 1.08 bits per heavy atom. The zero-order chi connectivity index (χ0) is 57.7. The standard InChI is InChI=1S/C13H23NO2.C13H22O2.C12H20O2.C11H19NO2.C11H18O2/c1-10(2)8-11(15)6-7-12(16)14-9-13(3,4)5;1-5-7-11(14)8-6-9-12(15)10-13(2,3)4;1-5-6-10(13)7-8-11(14)9-12(2,3)4;1-5-9(13)6-7-10(14)12-8-11(2,3)4;1-8(2)6-9(12)10(13)7-11(3,4)5/h8H,6-7,9H2,1-5H3,(H,14,16);5,7H,6,8-10H2,1-4H3;5-6H,7-9H2,1-4H3;5H,1,6-8H2,2-4H3,(H,12,14);6H,7H2,1-5H3/b;7-5+;6-5+;;. The first-order valence-corrected chi connectivity index (χ1v) is 25.4. The van der Waals surface area contributed by atoms with Gasteiger partial charge in [-0.25, -0.2) is 0 Å². The molecule has 72 heavy (non-hydrogen) atoms. The number of amides is 2. The lowest BCUT2D eigenvalue weighted by atomic mass is 9.88. The maximum Gasteiger partial charge on any atom is 0.221 e. The predicted octanol–water partition coefficient (Wildman–Crippen LogP) is 12.9. The molecular weight excluding hydrogens is 909 g/mol. The van der Waals surface area contributed by atoms with E-state index in [9.17, 15) is 47.9 Å².